The monoisotopic (exact) mass is 707 g/mol. The molecule has 0 radical (unpaired) electrons. The number of anilines is 2. The maximum atomic E-state index is 13.6. The number of hydrogen-bond acceptors (Lipinski definition) is 8. The molecule has 5 fully saturated rings. The smallest absolute Gasteiger partial charge is 0.275 e. The summed E-state index contributed by atoms with van der Waals surface area (Å²) in [4.78, 5) is 58.5. The molecule has 1 atom stereocenters. The lowest BCUT2D eigenvalue weighted by atomic mass is 9.52. The molecular formula is C41H53N7O4. The third kappa shape index (κ3) is 6.72. The van der Waals surface area contributed by atoms with Crippen LogP contribution < -0.4 is 26.0 Å². The molecule has 0 spiro atoms. The van der Waals surface area contributed by atoms with Gasteiger partial charge in [-0.2, -0.15) is 5.10 Å². The summed E-state index contributed by atoms with van der Waals surface area (Å²) >= 11 is 0. The highest BCUT2D eigenvalue weighted by molar-refractivity contribution is 5.99. The summed E-state index contributed by atoms with van der Waals surface area (Å²) in [5.74, 6) is 0.237. The number of aromatic nitrogens is 2. The van der Waals surface area contributed by atoms with Crippen LogP contribution in [-0.4, -0.2) is 84.3 Å². The Hall–Kier alpha value is -4.25. The van der Waals surface area contributed by atoms with E-state index in [1.807, 2.05) is 24.3 Å². The van der Waals surface area contributed by atoms with E-state index >= 15 is 0 Å². The summed E-state index contributed by atoms with van der Waals surface area (Å²) in [5.41, 5.74) is 3.92. The maximum absolute atomic E-state index is 13.6. The first kappa shape index (κ1) is 34.8. The lowest BCUT2D eigenvalue weighted by Crippen LogP contribution is -2.63. The Bertz CT molecular complexity index is 1920. The quantitative estimate of drug-likeness (QED) is 0.320. The first-order chi connectivity index (χ1) is 24.9. The molecule has 2 saturated carbocycles. The average Bonchev–Trinajstić information content (AvgIpc) is 3.97. The number of hydrogen-bond donors (Lipinski definition) is 2. The number of piperazine rings is 1. The van der Waals surface area contributed by atoms with E-state index in [0.29, 0.717) is 23.6 Å². The number of piperidine rings is 2. The molecule has 1 aromatic heterocycles. The van der Waals surface area contributed by atoms with Gasteiger partial charge in [0, 0.05) is 86.5 Å². The fourth-order valence-corrected chi connectivity index (χ4v) is 9.91. The number of nitrogens with zero attached hydrogens (tertiary/aromatic N) is 5. The van der Waals surface area contributed by atoms with Crippen molar-refractivity contribution in [2.75, 3.05) is 55.6 Å². The molecular weight excluding hydrogens is 654 g/mol. The van der Waals surface area contributed by atoms with Gasteiger partial charge < -0.3 is 15.1 Å². The topological polar surface area (TPSA) is 120 Å². The summed E-state index contributed by atoms with van der Waals surface area (Å²) in [6, 6.07) is 13.7. The Morgan fingerprint density at radius 3 is 2.10 bits per heavy atom. The van der Waals surface area contributed by atoms with Gasteiger partial charge in [-0.05, 0) is 97.7 Å². The zero-order chi connectivity index (χ0) is 36.4. The highest BCUT2D eigenvalue weighted by Gasteiger charge is 2.53. The van der Waals surface area contributed by atoms with Gasteiger partial charge in [0.25, 0.3) is 17.4 Å². The van der Waals surface area contributed by atoms with Gasteiger partial charge in [-0.25, -0.2) is 4.68 Å². The first-order valence-corrected chi connectivity index (χ1v) is 19.4. The minimum absolute atomic E-state index is 0.0214. The van der Waals surface area contributed by atoms with Gasteiger partial charge in [0.15, 0.2) is 0 Å². The summed E-state index contributed by atoms with van der Waals surface area (Å²) in [7, 11) is 0. The summed E-state index contributed by atoms with van der Waals surface area (Å²) in [6.45, 7) is 16.0. The lowest BCUT2D eigenvalue weighted by molar-refractivity contribution is -0.136. The molecule has 5 aliphatic rings. The van der Waals surface area contributed by atoms with Crippen LogP contribution in [0.25, 0.3) is 10.8 Å². The molecule has 1 unspecified atom stereocenters. The molecule has 4 heterocycles. The molecule has 8 rings (SSSR count). The Morgan fingerprint density at radius 2 is 1.46 bits per heavy atom. The summed E-state index contributed by atoms with van der Waals surface area (Å²) in [6.07, 6.45) is 5.99. The van der Waals surface area contributed by atoms with Gasteiger partial charge >= 0.3 is 0 Å². The molecule has 0 bridgehead atoms. The van der Waals surface area contributed by atoms with Gasteiger partial charge in [0.05, 0.1) is 11.1 Å². The van der Waals surface area contributed by atoms with Gasteiger partial charge in [-0.3, -0.25) is 29.4 Å². The van der Waals surface area contributed by atoms with Crippen molar-refractivity contribution in [3.8, 4) is 0 Å². The Balaban J connectivity index is 0.843. The van der Waals surface area contributed by atoms with E-state index in [4.69, 9.17) is 5.10 Å². The van der Waals surface area contributed by atoms with Crippen molar-refractivity contribution >= 4 is 39.9 Å². The van der Waals surface area contributed by atoms with Crippen molar-refractivity contribution in [3.05, 3.63) is 64.1 Å². The number of rotatable bonds is 8. The van der Waals surface area contributed by atoms with E-state index in [2.05, 4.69) is 71.2 Å². The van der Waals surface area contributed by atoms with E-state index in [0.717, 1.165) is 100 Å². The second-order valence-corrected chi connectivity index (χ2v) is 17.4. The molecule has 3 aromatic rings. The van der Waals surface area contributed by atoms with Crippen molar-refractivity contribution in [2.45, 2.75) is 90.6 Å². The number of fused-ring (bicyclic) bond motifs is 1. The maximum Gasteiger partial charge on any atom is 0.275 e. The van der Waals surface area contributed by atoms with Crippen LogP contribution in [0.4, 0.5) is 11.4 Å². The molecule has 2 N–H and O–H groups in total. The molecule has 2 aromatic carbocycles. The van der Waals surface area contributed by atoms with Crippen LogP contribution in [0.3, 0.4) is 0 Å². The van der Waals surface area contributed by atoms with Crippen molar-refractivity contribution in [2.24, 2.45) is 16.7 Å². The Kier molecular flexibility index (Phi) is 8.91. The fourth-order valence-electron chi connectivity index (χ4n) is 9.91. The van der Waals surface area contributed by atoms with Crippen molar-refractivity contribution in [3.63, 3.8) is 0 Å². The van der Waals surface area contributed by atoms with Crippen molar-refractivity contribution in [1.82, 2.24) is 25.3 Å². The van der Waals surface area contributed by atoms with Crippen LogP contribution in [0, 0.1) is 16.7 Å². The zero-order valence-corrected chi connectivity index (χ0v) is 31.1. The number of benzene rings is 2. The van der Waals surface area contributed by atoms with Gasteiger partial charge in [0.1, 0.15) is 6.04 Å². The van der Waals surface area contributed by atoms with E-state index in [9.17, 15) is 19.2 Å². The molecule has 3 aliphatic heterocycles. The van der Waals surface area contributed by atoms with Crippen LogP contribution >= 0.6 is 0 Å². The van der Waals surface area contributed by atoms with Gasteiger partial charge in [-0.1, -0.05) is 27.7 Å². The van der Waals surface area contributed by atoms with E-state index in [1.54, 1.807) is 0 Å². The second kappa shape index (κ2) is 13.3. The van der Waals surface area contributed by atoms with Crippen LogP contribution in [0.2, 0.25) is 0 Å². The molecule has 11 heteroatoms. The molecule has 276 valence electrons. The fraction of sp³-hybridized carbons (Fsp3) is 0.585. The Labute approximate surface area is 306 Å². The normalized spacial score (nSPS) is 24.1. The van der Waals surface area contributed by atoms with E-state index in [-0.39, 0.29) is 40.7 Å². The molecule has 11 nitrogen and oxygen atoms in total. The van der Waals surface area contributed by atoms with E-state index in [1.165, 1.54) is 10.4 Å². The Morgan fingerprint density at radius 1 is 0.808 bits per heavy atom. The molecule has 3 saturated heterocycles. The zero-order valence-electron chi connectivity index (χ0n) is 31.1. The first-order valence-electron chi connectivity index (χ1n) is 19.4. The third-order valence-electron chi connectivity index (χ3n) is 12.5. The second-order valence-electron chi connectivity index (χ2n) is 17.4. The third-order valence-corrected chi connectivity index (χ3v) is 12.5. The van der Waals surface area contributed by atoms with Crippen LogP contribution in [-0.2, 0) is 9.59 Å². The predicted octanol–water partition coefficient (Wildman–Crippen LogP) is 4.84. The van der Waals surface area contributed by atoms with Crippen molar-refractivity contribution in [1.29, 1.82) is 0 Å². The standard InChI is InChI=1S/C41H53N7O4/c1-40(2)25-41(3,4)39(40)43-36(50)28-7-9-29(10-8-28)46-17-15-26(16-18-46)24-45-19-21-47(22-20-45)30-11-12-31-32(23-30)35(27-5-6-27)44-48(38(31)52)33-13-14-34(49)42-37(33)51/h7-12,23,26-27,33,39H,5-6,13-22,24-25H2,1-4H3,(H,43,50)(H,42,49,51). The van der Waals surface area contributed by atoms with Crippen LogP contribution in [0.15, 0.2) is 47.3 Å². The summed E-state index contributed by atoms with van der Waals surface area (Å²) < 4.78 is 1.33. The van der Waals surface area contributed by atoms with Crippen LogP contribution in [0.1, 0.15) is 101 Å². The van der Waals surface area contributed by atoms with Gasteiger partial charge in [-0.15, -0.1) is 0 Å². The lowest BCUT2D eigenvalue weighted by Gasteiger charge is -2.57. The highest BCUT2D eigenvalue weighted by Crippen LogP contribution is 2.53. The molecule has 2 aliphatic carbocycles. The number of amides is 3. The van der Waals surface area contributed by atoms with E-state index < -0.39 is 11.9 Å². The number of carbonyl (C=O) groups excluding carboxylic acids is 3. The largest absolute Gasteiger partial charge is 0.372 e. The minimum atomic E-state index is -0.754. The SMILES string of the molecule is CC1(C)CC(C)(C)C1NC(=O)c1ccc(N2CCC(CN3CCN(c4ccc5c(=O)n(C6CCC(=O)NC6=O)nc(C6CC6)c5c4)CC3)CC2)cc1. The average molecular weight is 708 g/mol. The number of nitrogens with one attached hydrogen (secondary N) is 2. The molecule has 3 amide bonds. The van der Waals surface area contributed by atoms with Gasteiger partial charge in [0.2, 0.25) is 5.91 Å². The number of carbonyl (C=O) groups is 3. The number of imide groups is 1. The minimum Gasteiger partial charge on any atom is -0.372 e. The molecule has 52 heavy (non-hydrogen) atoms. The van der Waals surface area contributed by atoms with Crippen LogP contribution in [0.5, 0.6) is 0 Å². The predicted molar refractivity (Wildman–Crippen MR) is 203 cm³/mol. The summed E-state index contributed by atoms with van der Waals surface area (Å²) in [5, 5.41) is 11.9. The van der Waals surface area contributed by atoms with Crippen molar-refractivity contribution < 1.29 is 14.4 Å². The highest BCUT2D eigenvalue weighted by atomic mass is 16.2.